The quantitative estimate of drug-likeness (QED) is 0.190. The molecule has 0 fully saturated rings. The maximum atomic E-state index is 13.0. The van der Waals surface area contributed by atoms with Gasteiger partial charge >= 0.3 is 17.9 Å². The maximum Gasteiger partial charge on any atom is 0.307 e. The first-order chi connectivity index (χ1) is 16.7. The number of nitrogens with one attached hydrogen (secondary N) is 1. The second-order valence-corrected chi connectivity index (χ2v) is 7.74. The van der Waals surface area contributed by atoms with Crippen LogP contribution in [0, 0.1) is 6.92 Å². The van der Waals surface area contributed by atoms with Crippen molar-refractivity contribution in [3.63, 3.8) is 0 Å². The van der Waals surface area contributed by atoms with Crippen molar-refractivity contribution >= 4 is 23.8 Å². The Morgan fingerprint density at radius 1 is 0.686 bits per heavy atom. The molecule has 1 rings (SSSR count). The standard InChI is InChI=1S/C24H35NO10/c1-18-5-7-19(8-6-18)23(29)25-24(15-33-12-9-20(26)30-2,16-34-13-10-21(27)31-3)17-35-14-11-22(28)32-4/h5-8H,9-17H2,1-4H3,(H,25,29). The largest absolute Gasteiger partial charge is 0.469 e. The molecule has 1 aromatic carbocycles. The molecule has 0 radical (unpaired) electrons. The first-order valence-corrected chi connectivity index (χ1v) is 11.1. The predicted molar refractivity (Wildman–Crippen MR) is 124 cm³/mol. The van der Waals surface area contributed by atoms with Gasteiger partial charge < -0.3 is 33.7 Å². The van der Waals surface area contributed by atoms with Gasteiger partial charge in [-0.15, -0.1) is 0 Å². The summed E-state index contributed by atoms with van der Waals surface area (Å²) in [6.07, 6.45) is 0.0562. The molecule has 11 heteroatoms. The molecule has 0 unspecified atom stereocenters. The Morgan fingerprint density at radius 3 is 1.40 bits per heavy atom. The number of hydrogen-bond donors (Lipinski definition) is 1. The highest BCUT2D eigenvalue weighted by molar-refractivity contribution is 5.94. The summed E-state index contributed by atoms with van der Waals surface area (Å²) in [4.78, 5) is 47.3. The molecule has 0 saturated heterocycles. The van der Waals surface area contributed by atoms with E-state index in [4.69, 9.17) is 14.2 Å². The van der Waals surface area contributed by atoms with Crippen molar-refractivity contribution in [1.29, 1.82) is 0 Å². The van der Waals surface area contributed by atoms with Gasteiger partial charge in [0.25, 0.3) is 5.91 Å². The summed E-state index contributed by atoms with van der Waals surface area (Å²) in [5.41, 5.74) is 0.222. The van der Waals surface area contributed by atoms with Crippen LogP contribution < -0.4 is 5.32 Å². The summed E-state index contributed by atoms with van der Waals surface area (Å²) in [5.74, 6) is -1.72. The van der Waals surface area contributed by atoms with Crippen LogP contribution in [-0.4, -0.2) is 90.3 Å². The third-order valence-electron chi connectivity index (χ3n) is 4.86. The van der Waals surface area contributed by atoms with Crippen LogP contribution in [0.5, 0.6) is 0 Å². The van der Waals surface area contributed by atoms with Crippen LogP contribution in [0.4, 0.5) is 0 Å². The number of carbonyl (C=O) groups is 4. The van der Waals surface area contributed by atoms with E-state index < -0.39 is 29.4 Å². The Bertz CT molecular complexity index is 749. The highest BCUT2D eigenvalue weighted by Gasteiger charge is 2.34. The molecule has 1 N–H and O–H groups in total. The number of carbonyl (C=O) groups excluding carboxylic acids is 4. The van der Waals surface area contributed by atoms with E-state index in [0.29, 0.717) is 5.56 Å². The van der Waals surface area contributed by atoms with Crippen molar-refractivity contribution in [3.05, 3.63) is 35.4 Å². The molecule has 0 heterocycles. The maximum absolute atomic E-state index is 13.0. The predicted octanol–water partition coefficient (Wildman–Crippen LogP) is 1.20. The first kappa shape index (κ1) is 30.0. The summed E-state index contributed by atoms with van der Waals surface area (Å²) < 4.78 is 30.8. The second kappa shape index (κ2) is 16.6. The van der Waals surface area contributed by atoms with Crippen LogP contribution in [0.15, 0.2) is 24.3 Å². The van der Waals surface area contributed by atoms with Gasteiger partial charge in [-0.2, -0.15) is 0 Å². The van der Waals surface area contributed by atoms with Crippen LogP contribution >= 0.6 is 0 Å². The van der Waals surface area contributed by atoms with E-state index >= 15 is 0 Å². The number of hydrogen-bond acceptors (Lipinski definition) is 10. The molecule has 11 nitrogen and oxygen atoms in total. The summed E-state index contributed by atoms with van der Waals surface area (Å²) in [6, 6.07) is 6.99. The van der Waals surface area contributed by atoms with Gasteiger partial charge in [-0.1, -0.05) is 17.7 Å². The number of benzene rings is 1. The van der Waals surface area contributed by atoms with Gasteiger partial charge in [0, 0.05) is 5.56 Å². The van der Waals surface area contributed by atoms with Crippen molar-refractivity contribution < 1.29 is 47.6 Å². The Kier molecular flexibility index (Phi) is 14.2. The molecule has 0 spiro atoms. The third-order valence-corrected chi connectivity index (χ3v) is 4.86. The molecular formula is C24H35NO10. The minimum atomic E-state index is -1.19. The van der Waals surface area contributed by atoms with Gasteiger partial charge in [0.15, 0.2) is 0 Å². The van der Waals surface area contributed by atoms with Gasteiger partial charge in [0.1, 0.15) is 5.54 Å². The lowest BCUT2D eigenvalue weighted by atomic mass is 10.0. The van der Waals surface area contributed by atoms with Crippen molar-refractivity contribution in [1.82, 2.24) is 5.32 Å². The van der Waals surface area contributed by atoms with Gasteiger partial charge in [-0.3, -0.25) is 19.2 Å². The molecule has 0 bridgehead atoms. The molecule has 35 heavy (non-hydrogen) atoms. The average molecular weight is 498 g/mol. The fraction of sp³-hybridized carbons (Fsp3) is 0.583. The van der Waals surface area contributed by atoms with E-state index in [9.17, 15) is 19.2 Å². The summed E-state index contributed by atoms with van der Waals surface area (Å²) >= 11 is 0. The molecule has 0 atom stereocenters. The lowest BCUT2D eigenvalue weighted by Gasteiger charge is -2.34. The normalized spacial score (nSPS) is 11.0. The fourth-order valence-electron chi connectivity index (χ4n) is 2.83. The number of rotatable bonds is 17. The van der Waals surface area contributed by atoms with E-state index in [1.165, 1.54) is 21.3 Å². The van der Waals surface area contributed by atoms with Crippen LogP contribution in [0.1, 0.15) is 35.2 Å². The molecule has 0 aliphatic carbocycles. The molecule has 1 amide bonds. The van der Waals surface area contributed by atoms with Crippen LogP contribution in [0.3, 0.4) is 0 Å². The van der Waals surface area contributed by atoms with Crippen molar-refractivity contribution in [2.24, 2.45) is 0 Å². The molecule has 1 aromatic rings. The summed E-state index contributed by atoms with van der Waals surface area (Å²) in [6.45, 7) is 1.82. The number of aryl methyl sites for hydroxylation is 1. The minimum absolute atomic E-state index is 0.0187. The summed E-state index contributed by atoms with van der Waals surface area (Å²) in [7, 11) is 3.83. The minimum Gasteiger partial charge on any atom is -0.469 e. The lowest BCUT2D eigenvalue weighted by molar-refractivity contribution is -0.142. The monoisotopic (exact) mass is 497 g/mol. The zero-order chi connectivity index (χ0) is 26.1. The number of esters is 3. The number of methoxy groups -OCH3 is 3. The molecule has 0 saturated carbocycles. The smallest absolute Gasteiger partial charge is 0.307 e. The van der Waals surface area contributed by atoms with Crippen LogP contribution in [0.25, 0.3) is 0 Å². The highest BCUT2D eigenvalue weighted by atomic mass is 16.5. The van der Waals surface area contributed by atoms with E-state index in [1.807, 2.05) is 19.1 Å². The lowest BCUT2D eigenvalue weighted by Crippen LogP contribution is -2.58. The Hall–Kier alpha value is -3.02. The van der Waals surface area contributed by atoms with Crippen LogP contribution in [0.2, 0.25) is 0 Å². The zero-order valence-electron chi connectivity index (χ0n) is 20.8. The second-order valence-electron chi connectivity index (χ2n) is 7.74. The highest BCUT2D eigenvalue weighted by Crippen LogP contribution is 2.13. The average Bonchev–Trinajstić information content (AvgIpc) is 2.86. The molecule has 0 aliphatic rings. The van der Waals surface area contributed by atoms with E-state index in [2.05, 4.69) is 19.5 Å². The van der Waals surface area contributed by atoms with E-state index in [1.54, 1.807) is 12.1 Å². The Balaban J connectivity index is 2.99. The fourth-order valence-corrected chi connectivity index (χ4v) is 2.83. The Morgan fingerprint density at radius 2 is 1.06 bits per heavy atom. The van der Waals surface area contributed by atoms with Crippen molar-refractivity contribution in [2.45, 2.75) is 31.7 Å². The summed E-state index contributed by atoms with van der Waals surface area (Å²) in [5, 5.41) is 2.91. The first-order valence-electron chi connectivity index (χ1n) is 11.1. The van der Waals surface area contributed by atoms with E-state index in [-0.39, 0.29) is 58.9 Å². The van der Waals surface area contributed by atoms with Gasteiger partial charge in [-0.05, 0) is 19.1 Å². The van der Waals surface area contributed by atoms with Gasteiger partial charge in [-0.25, -0.2) is 0 Å². The van der Waals surface area contributed by atoms with Gasteiger partial charge in [0.05, 0.1) is 80.2 Å². The van der Waals surface area contributed by atoms with Crippen LogP contribution in [-0.2, 0) is 42.8 Å². The number of amides is 1. The van der Waals surface area contributed by atoms with E-state index in [0.717, 1.165) is 5.56 Å². The third kappa shape index (κ3) is 12.3. The SMILES string of the molecule is COC(=O)CCOCC(COCCC(=O)OC)(COCCC(=O)OC)NC(=O)c1ccc(C)cc1. The van der Waals surface area contributed by atoms with Crippen molar-refractivity contribution in [3.8, 4) is 0 Å². The molecule has 196 valence electrons. The Labute approximate surface area is 205 Å². The molecular weight excluding hydrogens is 462 g/mol. The topological polar surface area (TPSA) is 136 Å². The zero-order valence-corrected chi connectivity index (χ0v) is 20.8. The molecule has 0 aliphatic heterocycles. The van der Waals surface area contributed by atoms with Gasteiger partial charge in [0.2, 0.25) is 0 Å². The molecule has 0 aromatic heterocycles. The number of ether oxygens (including phenoxy) is 6. The van der Waals surface area contributed by atoms with Crippen molar-refractivity contribution in [2.75, 3.05) is 61.0 Å².